The van der Waals surface area contributed by atoms with Crippen molar-refractivity contribution in [3.05, 3.63) is 66.0 Å². The number of alkyl halides is 2. The van der Waals surface area contributed by atoms with E-state index in [9.17, 15) is 13.6 Å². The van der Waals surface area contributed by atoms with E-state index < -0.39 is 12.6 Å². The third kappa shape index (κ3) is 6.83. The van der Waals surface area contributed by atoms with Gasteiger partial charge in [0, 0.05) is 62.3 Å². The van der Waals surface area contributed by atoms with Gasteiger partial charge in [0.2, 0.25) is 5.95 Å². The molecule has 0 atom stereocenters. The number of hydrogen-bond acceptors (Lipinski definition) is 9. The molecule has 0 amide bonds. The van der Waals surface area contributed by atoms with Gasteiger partial charge in [-0.1, -0.05) is 18.2 Å². The van der Waals surface area contributed by atoms with Crippen LogP contribution in [0.3, 0.4) is 0 Å². The van der Waals surface area contributed by atoms with Crippen LogP contribution < -0.4 is 9.64 Å². The Hall–Kier alpha value is -4.72. The first-order chi connectivity index (χ1) is 19.3. The number of hydrogen-bond donors (Lipinski definition) is 2. The minimum atomic E-state index is -2.91. The van der Waals surface area contributed by atoms with Crippen LogP contribution in [0.25, 0.3) is 16.9 Å². The van der Waals surface area contributed by atoms with Crippen LogP contribution in [0.15, 0.2) is 49.1 Å². The summed E-state index contributed by atoms with van der Waals surface area (Å²) in [6, 6.07) is 6.72. The smallest absolute Gasteiger partial charge is 0.387 e. The predicted octanol–water partition coefficient (Wildman–Crippen LogP) is 2.59. The summed E-state index contributed by atoms with van der Waals surface area (Å²) < 4.78 is 32.3. The Balaban J connectivity index is 0.00000118. The zero-order valence-corrected chi connectivity index (χ0v) is 21.5. The Morgan fingerprint density at radius 1 is 1.10 bits per heavy atom. The van der Waals surface area contributed by atoms with Crippen molar-refractivity contribution >= 4 is 24.0 Å². The van der Waals surface area contributed by atoms with Gasteiger partial charge in [0.1, 0.15) is 5.75 Å². The SMILES string of the molecule is Cc1nc2cnc(-c3cnc(N4CCN(CC(=O)O)CC4)nc3)cn2c1Cc1ccccc1OC(F)F.O=CO. The second-order valence-corrected chi connectivity index (χ2v) is 8.84. The maximum atomic E-state index is 12.9. The molecule has 3 aromatic heterocycles. The number of piperazine rings is 1. The van der Waals surface area contributed by atoms with Gasteiger partial charge >= 0.3 is 12.6 Å². The molecule has 0 radical (unpaired) electrons. The van der Waals surface area contributed by atoms with Gasteiger partial charge in [0.25, 0.3) is 6.47 Å². The lowest BCUT2D eigenvalue weighted by atomic mass is 10.1. The van der Waals surface area contributed by atoms with Crippen LogP contribution in [-0.4, -0.2) is 91.2 Å². The molecule has 1 aromatic carbocycles. The topological polar surface area (TPSA) is 146 Å². The summed E-state index contributed by atoms with van der Waals surface area (Å²) in [6.07, 6.45) is 7.25. The summed E-state index contributed by atoms with van der Waals surface area (Å²) in [6.45, 7) is 1.29. The fourth-order valence-corrected chi connectivity index (χ4v) is 4.44. The molecule has 12 nitrogen and oxygen atoms in total. The molecule has 0 saturated carbocycles. The van der Waals surface area contributed by atoms with Crippen LogP contribution in [0, 0.1) is 6.92 Å². The van der Waals surface area contributed by atoms with Crippen LogP contribution in [0.5, 0.6) is 5.75 Å². The van der Waals surface area contributed by atoms with E-state index in [0.29, 0.717) is 61.0 Å². The number of imidazole rings is 1. The second-order valence-electron chi connectivity index (χ2n) is 8.84. The number of aliphatic carboxylic acids is 1. The van der Waals surface area contributed by atoms with Gasteiger partial charge in [-0.2, -0.15) is 8.78 Å². The zero-order chi connectivity index (χ0) is 28.6. The number of nitrogens with zero attached hydrogens (tertiary/aromatic N) is 7. The number of halogens is 2. The molecule has 40 heavy (non-hydrogen) atoms. The average molecular weight is 556 g/mol. The van der Waals surface area contributed by atoms with Crippen molar-refractivity contribution in [2.75, 3.05) is 37.6 Å². The zero-order valence-electron chi connectivity index (χ0n) is 21.5. The van der Waals surface area contributed by atoms with Crippen molar-refractivity contribution in [1.82, 2.24) is 29.2 Å². The van der Waals surface area contributed by atoms with E-state index in [2.05, 4.69) is 19.9 Å². The van der Waals surface area contributed by atoms with Crippen molar-refractivity contribution in [3.63, 3.8) is 0 Å². The van der Waals surface area contributed by atoms with E-state index in [0.717, 1.165) is 11.4 Å². The van der Waals surface area contributed by atoms with Crippen LogP contribution in [0.4, 0.5) is 14.7 Å². The first-order valence-electron chi connectivity index (χ1n) is 12.2. The highest BCUT2D eigenvalue weighted by Gasteiger charge is 2.21. The molecule has 1 fully saturated rings. The number of benzene rings is 1. The van der Waals surface area contributed by atoms with E-state index >= 15 is 0 Å². The van der Waals surface area contributed by atoms with Crippen LogP contribution in [0.1, 0.15) is 17.0 Å². The molecule has 4 aromatic rings. The fraction of sp³-hybridized carbons (Fsp3) is 0.308. The minimum Gasteiger partial charge on any atom is -0.483 e. The number of carbonyl (C=O) groups is 2. The minimum absolute atomic E-state index is 0.0301. The van der Waals surface area contributed by atoms with Gasteiger partial charge < -0.3 is 19.8 Å². The van der Waals surface area contributed by atoms with Gasteiger partial charge in [0.05, 0.1) is 29.8 Å². The van der Waals surface area contributed by atoms with Crippen molar-refractivity contribution in [2.24, 2.45) is 0 Å². The molecular weight excluding hydrogens is 528 g/mol. The molecule has 1 aliphatic rings. The highest BCUT2D eigenvalue weighted by atomic mass is 19.3. The summed E-state index contributed by atoms with van der Waals surface area (Å²) in [5.41, 5.74) is 4.22. The van der Waals surface area contributed by atoms with E-state index in [-0.39, 0.29) is 18.8 Å². The van der Waals surface area contributed by atoms with Crippen LogP contribution >= 0.6 is 0 Å². The van der Waals surface area contributed by atoms with E-state index in [1.54, 1.807) is 36.8 Å². The fourth-order valence-electron chi connectivity index (χ4n) is 4.44. The number of aromatic nitrogens is 5. The van der Waals surface area contributed by atoms with Gasteiger partial charge in [0.15, 0.2) is 5.65 Å². The normalized spacial score (nSPS) is 13.7. The summed E-state index contributed by atoms with van der Waals surface area (Å²) in [5, 5.41) is 15.9. The van der Waals surface area contributed by atoms with Gasteiger partial charge in [-0.3, -0.25) is 23.9 Å². The monoisotopic (exact) mass is 555 g/mol. The van der Waals surface area contributed by atoms with E-state index in [4.69, 9.17) is 19.7 Å². The summed E-state index contributed by atoms with van der Waals surface area (Å²) in [5.74, 6) is -0.121. The van der Waals surface area contributed by atoms with E-state index in [1.165, 1.54) is 6.07 Å². The van der Waals surface area contributed by atoms with Gasteiger partial charge in [-0.15, -0.1) is 0 Å². The Labute approximate surface area is 227 Å². The molecule has 0 spiro atoms. The molecule has 0 aliphatic carbocycles. The lowest BCUT2D eigenvalue weighted by molar-refractivity contribution is -0.138. The average Bonchev–Trinajstić information content (AvgIpc) is 3.24. The lowest BCUT2D eigenvalue weighted by Crippen LogP contribution is -2.48. The summed E-state index contributed by atoms with van der Waals surface area (Å²) in [4.78, 5) is 41.3. The molecule has 0 bridgehead atoms. The number of ether oxygens (including phenoxy) is 1. The number of para-hydroxylation sites is 1. The Morgan fingerprint density at radius 3 is 2.42 bits per heavy atom. The highest BCUT2D eigenvalue weighted by molar-refractivity contribution is 5.69. The molecule has 1 saturated heterocycles. The maximum absolute atomic E-state index is 12.9. The summed E-state index contributed by atoms with van der Waals surface area (Å²) in [7, 11) is 0. The van der Waals surface area contributed by atoms with E-state index in [1.807, 2.05) is 27.3 Å². The third-order valence-electron chi connectivity index (χ3n) is 6.30. The quantitative estimate of drug-likeness (QED) is 0.309. The van der Waals surface area contributed by atoms with Crippen molar-refractivity contribution in [1.29, 1.82) is 0 Å². The van der Waals surface area contributed by atoms with Crippen LogP contribution in [0.2, 0.25) is 0 Å². The second kappa shape index (κ2) is 12.9. The lowest BCUT2D eigenvalue weighted by Gasteiger charge is -2.33. The summed E-state index contributed by atoms with van der Waals surface area (Å²) >= 11 is 0. The molecule has 14 heteroatoms. The Bertz CT molecular complexity index is 1460. The molecule has 4 heterocycles. The first-order valence-corrected chi connectivity index (χ1v) is 12.2. The maximum Gasteiger partial charge on any atom is 0.387 e. The van der Waals surface area contributed by atoms with Crippen LogP contribution in [-0.2, 0) is 16.0 Å². The van der Waals surface area contributed by atoms with Crippen molar-refractivity contribution in [3.8, 4) is 17.0 Å². The van der Waals surface area contributed by atoms with Crippen molar-refractivity contribution < 1.29 is 33.3 Å². The van der Waals surface area contributed by atoms with Gasteiger partial charge in [-0.25, -0.2) is 15.0 Å². The first kappa shape index (κ1) is 28.3. The Morgan fingerprint density at radius 2 is 1.77 bits per heavy atom. The highest BCUT2D eigenvalue weighted by Crippen LogP contribution is 2.26. The largest absolute Gasteiger partial charge is 0.483 e. The van der Waals surface area contributed by atoms with Crippen molar-refractivity contribution in [2.45, 2.75) is 20.0 Å². The number of fused-ring (bicyclic) bond motifs is 1. The number of aryl methyl sites for hydroxylation is 1. The third-order valence-corrected chi connectivity index (χ3v) is 6.30. The molecule has 2 N–H and O–H groups in total. The molecule has 5 rings (SSSR count). The molecule has 210 valence electrons. The standard InChI is InChI=1S/C25H25F2N7O3.CH2O2/c1-16-20(10-17-4-2-3-5-21(17)37-24(26)27)34-14-19(28-13-22(34)31-16)18-11-29-25(30-12-18)33-8-6-32(7-9-33)15-23(35)36;2-1-3/h2-5,11-14,24H,6-10,15H2,1H3,(H,35,36);1H,(H,2,3). The number of carboxylic acid groups (broad SMARTS) is 2. The Kier molecular flexibility index (Phi) is 9.11. The number of rotatable bonds is 8. The molecule has 0 unspecified atom stereocenters. The molecule has 1 aliphatic heterocycles. The number of anilines is 1. The van der Waals surface area contributed by atoms with Gasteiger partial charge in [-0.05, 0) is 13.0 Å². The number of carboxylic acids is 1. The molecular formula is C26H27F2N7O5. The predicted molar refractivity (Wildman–Crippen MR) is 140 cm³/mol.